The molecule has 4 N–H and O–H groups in total. The van der Waals surface area contributed by atoms with E-state index in [1.54, 1.807) is 0 Å². The van der Waals surface area contributed by atoms with Crippen LogP contribution in [0.2, 0.25) is 5.02 Å². The quantitative estimate of drug-likeness (QED) is 0.758. The number of benzene rings is 1. The second-order valence-corrected chi connectivity index (χ2v) is 4.52. The van der Waals surface area contributed by atoms with Crippen LogP contribution in [0.4, 0.5) is 0 Å². The average Bonchev–Trinajstić information content (AvgIpc) is 2.02. The van der Waals surface area contributed by atoms with Crippen molar-refractivity contribution in [3.05, 3.63) is 28.8 Å². The van der Waals surface area contributed by atoms with Gasteiger partial charge in [0.05, 0.1) is 15.5 Å². The summed E-state index contributed by atoms with van der Waals surface area (Å²) in [6.45, 7) is 0. The highest BCUT2D eigenvalue weighted by atomic mass is 35.5. The van der Waals surface area contributed by atoms with E-state index < -0.39 is 15.9 Å². The van der Waals surface area contributed by atoms with Gasteiger partial charge >= 0.3 is 0 Å². The van der Waals surface area contributed by atoms with Gasteiger partial charge < -0.3 is 5.73 Å². The van der Waals surface area contributed by atoms with Crippen molar-refractivity contribution >= 4 is 27.5 Å². The van der Waals surface area contributed by atoms with Crippen LogP contribution in [0, 0.1) is 0 Å². The van der Waals surface area contributed by atoms with Gasteiger partial charge in [-0.1, -0.05) is 11.6 Å². The summed E-state index contributed by atoms with van der Waals surface area (Å²) in [7, 11) is -3.84. The van der Waals surface area contributed by atoms with Crippen molar-refractivity contribution in [2.45, 2.75) is 4.90 Å². The molecule has 0 aromatic heterocycles. The summed E-state index contributed by atoms with van der Waals surface area (Å²) in [4.78, 5) is 10.6. The molecule has 1 amide bonds. The Morgan fingerprint density at radius 3 is 2.36 bits per heavy atom. The van der Waals surface area contributed by atoms with Gasteiger partial charge in [-0.2, -0.15) is 0 Å². The molecule has 0 spiro atoms. The van der Waals surface area contributed by atoms with E-state index in [0.717, 1.165) is 6.07 Å². The summed E-state index contributed by atoms with van der Waals surface area (Å²) in [5, 5.41) is 4.94. The molecule has 0 bridgehead atoms. The Bertz CT molecular complexity index is 484. The second-order valence-electron chi connectivity index (χ2n) is 2.55. The summed E-state index contributed by atoms with van der Waals surface area (Å²) < 4.78 is 21.8. The summed E-state index contributed by atoms with van der Waals surface area (Å²) in [6.07, 6.45) is 0. The number of sulfonamides is 1. The zero-order valence-corrected chi connectivity index (χ0v) is 8.47. The van der Waals surface area contributed by atoms with Crippen LogP contribution in [0.5, 0.6) is 0 Å². The Hall–Kier alpha value is -1.11. The highest BCUT2D eigenvalue weighted by Gasteiger charge is 2.13. The molecule has 0 atom stereocenters. The van der Waals surface area contributed by atoms with E-state index in [-0.39, 0.29) is 15.5 Å². The van der Waals surface area contributed by atoms with E-state index >= 15 is 0 Å². The molecule has 0 aliphatic rings. The van der Waals surface area contributed by atoms with Crippen LogP contribution in [0.3, 0.4) is 0 Å². The molecule has 76 valence electrons. The minimum Gasteiger partial charge on any atom is -0.366 e. The van der Waals surface area contributed by atoms with Crippen molar-refractivity contribution in [1.82, 2.24) is 0 Å². The molecular formula is C7H7ClN2O3S. The van der Waals surface area contributed by atoms with Crippen LogP contribution in [-0.2, 0) is 10.0 Å². The standard InChI is InChI=1S/C7H7ClN2O3S/c8-6-2-1-4(14(10,12)13)3-5(6)7(9)11/h1-3H,(H2,9,11)(H2,10,12,13). The monoisotopic (exact) mass is 234 g/mol. The fraction of sp³-hybridized carbons (Fsp3) is 0. The topological polar surface area (TPSA) is 103 Å². The molecule has 0 heterocycles. The van der Waals surface area contributed by atoms with E-state index in [9.17, 15) is 13.2 Å². The minimum absolute atomic E-state index is 0.0711. The van der Waals surface area contributed by atoms with E-state index in [1.165, 1.54) is 12.1 Å². The molecule has 1 aromatic carbocycles. The Balaban J connectivity index is 3.42. The highest BCUT2D eigenvalue weighted by Crippen LogP contribution is 2.19. The van der Waals surface area contributed by atoms with Crippen LogP contribution in [0.25, 0.3) is 0 Å². The third-order valence-corrected chi connectivity index (χ3v) is 2.77. The Morgan fingerprint density at radius 2 is 1.93 bits per heavy atom. The molecular weight excluding hydrogens is 228 g/mol. The van der Waals surface area contributed by atoms with Crippen molar-refractivity contribution in [2.24, 2.45) is 10.9 Å². The van der Waals surface area contributed by atoms with Gasteiger partial charge in [-0.25, -0.2) is 13.6 Å². The van der Waals surface area contributed by atoms with Gasteiger partial charge in [0.1, 0.15) is 0 Å². The van der Waals surface area contributed by atoms with Crippen LogP contribution in [0.1, 0.15) is 10.4 Å². The number of primary sulfonamides is 1. The Kier molecular flexibility index (Phi) is 2.79. The lowest BCUT2D eigenvalue weighted by atomic mass is 10.2. The van der Waals surface area contributed by atoms with Crippen molar-refractivity contribution in [3.8, 4) is 0 Å². The van der Waals surface area contributed by atoms with Gasteiger partial charge in [-0.15, -0.1) is 0 Å². The summed E-state index contributed by atoms with van der Waals surface area (Å²) in [6, 6.07) is 3.49. The van der Waals surface area contributed by atoms with Gasteiger partial charge in [0.2, 0.25) is 15.9 Å². The van der Waals surface area contributed by atoms with Crippen LogP contribution in [0.15, 0.2) is 23.1 Å². The fourth-order valence-electron chi connectivity index (χ4n) is 0.870. The number of carbonyl (C=O) groups excluding carboxylic acids is 1. The number of rotatable bonds is 2. The molecule has 7 heteroatoms. The van der Waals surface area contributed by atoms with Crippen molar-refractivity contribution in [1.29, 1.82) is 0 Å². The predicted octanol–water partition coefficient (Wildman–Crippen LogP) is 0.0863. The lowest BCUT2D eigenvalue weighted by molar-refractivity contribution is 0.1000. The first-order valence-electron chi connectivity index (χ1n) is 3.44. The number of halogens is 1. The first-order chi connectivity index (χ1) is 6.32. The van der Waals surface area contributed by atoms with Crippen molar-refractivity contribution < 1.29 is 13.2 Å². The molecule has 5 nitrogen and oxygen atoms in total. The number of hydrogen-bond acceptors (Lipinski definition) is 3. The van der Waals surface area contributed by atoms with Crippen molar-refractivity contribution in [3.63, 3.8) is 0 Å². The lowest BCUT2D eigenvalue weighted by Gasteiger charge is -2.02. The van der Waals surface area contributed by atoms with Gasteiger partial charge in [0.25, 0.3) is 0 Å². The van der Waals surface area contributed by atoms with Crippen LogP contribution >= 0.6 is 11.6 Å². The number of nitrogens with two attached hydrogens (primary N) is 2. The van der Waals surface area contributed by atoms with Crippen molar-refractivity contribution in [2.75, 3.05) is 0 Å². The number of primary amides is 1. The lowest BCUT2D eigenvalue weighted by Crippen LogP contribution is -2.16. The number of carbonyl (C=O) groups is 1. The summed E-state index contributed by atoms with van der Waals surface area (Å²) in [5.74, 6) is -0.805. The SMILES string of the molecule is NC(=O)c1cc(S(N)(=O)=O)ccc1Cl. The predicted molar refractivity (Wildman–Crippen MR) is 51.3 cm³/mol. The normalized spacial score (nSPS) is 11.3. The third kappa shape index (κ3) is 2.22. The molecule has 0 unspecified atom stereocenters. The Morgan fingerprint density at radius 1 is 1.36 bits per heavy atom. The number of hydrogen-bond donors (Lipinski definition) is 2. The molecule has 0 aliphatic carbocycles. The van der Waals surface area contributed by atoms with Gasteiger partial charge in [-0.05, 0) is 18.2 Å². The van der Waals surface area contributed by atoms with Crippen LogP contribution in [-0.4, -0.2) is 14.3 Å². The molecule has 0 fully saturated rings. The molecule has 0 saturated carbocycles. The highest BCUT2D eigenvalue weighted by molar-refractivity contribution is 7.89. The van der Waals surface area contributed by atoms with E-state index in [0.29, 0.717) is 0 Å². The largest absolute Gasteiger partial charge is 0.366 e. The molecule has 1 aromatic rings. The zero-order chi connectivity index (χ0) is 10.9. The number of amides is 1. The zero-order valence-electron chi connectivity index (χ0n) is 6.90. The van der Waals surface area contributed by atoms with E-state index in [4.69, 9.17) is 22.5 Å². The first kappa shape index (κ1) is 11.0. The fourth-order valence-corrected chi connectivity index (χ4v) is 1.62. The molecule has 0 aliphatic heterocycles. The summed E-state index contributed by atoms with van der Waals surface area (Å²) in [5.41, 5.74) is 4.90. The first-order valence-corrected chi connectivity index (χ1v) is 5.37. The van der Waals surface area contributed by atoms with Gasteiger partial charge in [0, 0.05) is 0 Å². The molecule has 1 rings (SSSR count). The van der Waals surface area contributed by atoms with Crippen LogP contribution < -0.4 is 10.9 Å². The van der Waals surface area contributed by atoms with Gasteiger partial charge in [0.15, 0.2) is 0 Å². The molecule has 14 heavy (non-hydrogen) atoms. The van der Waals surface area contributed by atoms with E-state index in [2.05, 4.69) is 0 Å². The second kappa shape index (κ2) is 3.56. The van der Waals surface area contributed by atoms with E-state index in [1.807, 2.05) is 0 Å². The average molecular weight is 235 g/mol. The maximum Gasteiger partial charge on any atom is 0.250 e. The minimum atomic E-state index is -3.84. The molecule has 0 radical (unpaired) electrons. The Labute approximate surface area is 85.7 Å². The third-order valence-electron chi connectivity index (χ3n) is 1.53. The molecule has 0 saturated heterocycles. The maximum atomic E-state index is 10.9. The maximum absolute atomic E-state index is 10.9. The summed E-state index contributed by atoms with van der Waals surface area (Å²) >= 11 is 5.60. The smallest absolute Gasteiger partial charge is 0.250 e. The van der Waals surface area contributed by atoms with Gasteiger partial charge in [-0.3, -0.25) is 4.79 Å².